The maximum absolute atomic E-state index is 9.57. The molecule has 1 heterocycles. The molecule has 0 radical (unpaired) electrons. The van der Waals surface area contributed by atoms with Crippen LogP contribution in [0.15, 0.2) is 0 Å². The molecule has 4 heteroatoms. The Hall–Kier alpha value is -0.160. The van der Waals surface area contributed by atoms with Crippen molar-refractivity contribution in [2.75, 3.05) is 6.61 Å². The summed E-state index contributed by atoms with van der Waals surface area (Å²) in [6, 6.07) is 0. The van der Waals surface area contributed by atoms with Gasteiger partial charge < -0.3 is 20.1 Å². The molecule has 1 rings (SSSR count). The molecule has 0 bridgehead atoms. The fraction of sp³-hybridized carbons (Fsp3) is 1.00. The molecule has 13 heavy (non-hydrogen) atoms. The molecular weight excluding hydrogens is 172 g/mol. The molecule has 5 atom stereocenters. The van der Waals surface area contributed by atoms with Gasteiger partial charge in [0.25, 0.3) is 0 Å². The van der Waals surface area contributed by atoms with Gasteiger partial charge >= 0.3 is 0 Å². The predicted octanol–water partition coefficient (Wildman–Crippen LogP) is -0.486. The number of hydrogen-bond acceptors (Lipinski definition) is 4. The monoisotopic (exact) mass is 190 g/mol. The lowest BCUT2D eigenvalue weighted by molar-refractivity contribution is -0.199. The van der Waals surface area contributed by atoms with E-state index in [0.717, 1.165) is 6.42 Å². The van der Waals surface area contributed by atoms with E-state index in [-0.39, 0.29) is 18.6 Å². The summed E-state index contributed by atoms with van der Waals surface area (Å²) < 4.78 is 5.27. The minimum absolute atomic E-state index is 0.104. The van der Waals surface area contributed by atoms with Crippen molar-refractivity contribution in [2.45, 2.75) is 44.7 Å². The molecule has 78 valence electrons. The first-order valence-electron chi connectivity index (χ1n) is 4.73. The molecule has 2 unspecified atom stereocenters. The molecule has 0 aromatic carbocycles. The number of aliphatic hydroxyl groups excluding tert-OH is 3. The summed E-state index contributed by atoms with van der Waals surface area (Å²) in [6.07, 6.45) is -2.49. The first-order valence-corrected chi connectivity index (χ1v) is 4.73. The number of aliphatic hydroxyl groups is 3. The van der Waals surface area contributed by atoms with E-state index in [2.05, 4.69) is 0 Å². The SMILES string of the molecule is CCC(C)C1OC[C@@H](O)[C@H](O)[C@H]1O. The molecule has 1 aliphatic rings. The van der Waals surface area contributed by atoms with Crippen LogP contribution in [-0.2, 0) is 4.74 Å². The van der Waals surface area contributed by atoms with Crippen LogP contribution in [-0.4, -0.2) is 46.3 Å². The lowest BCUT2D eigenvalue weighted by Crippen LogP contribution is -2.54. The van der Waals surface area contributed by atoms with Crippen molar-refractivity contribution in [1.82, 2.24) is 0 Å². The molecule has 0 aliphatic carbocycles. The van der Waals surface area contributed by atoms with Gasteiger partial charge in [0.05, 0.1) is 12.7 Å². The van der Waals surface area contributed by atoms with Gasteiger partial charge in [0.1, 0.15) is 18.3 Å². The van der Waals surface area contributed by atoms with Gasteiger partial charge in [-0.2, -0.15) is 0 Å². The molecule has 1 fully saturated rings. The summed E-state index contributed by atoms with van der Waals surface area (Å²) in [4.78, 5) is 0. The van der Waals surface area contributed by atoms with Gasteiger partial charge in [0.15, 0.2) is 0 Å². The molecular formula is C9H18O4. The second-order valence-electron chi connectivity index (χ2n) is 3.73. The third-order valence-electron chi connectivity index (χ3n) is 2.74. The van der Waals surface area contributed by atoms with Crippen LogP contribution < -0.4 is 0 Å². The van der Waals surface area contributed by atoms with Gasteiger partial charge in [-0.15, -0.1) is 0 Å². The van der Waals surface area contributed by atoms with E-state index in [1.165, 1.54) is 0 Å². The molecule has 0 aromatic heterocycles. The third-order valence-corrected chi connectivity index (χ3v) is 2.74. The summed E-state index contributed by atoms with van der Waals surface area (Å²) in [5, 5.41) is 28.1. The molecule has 1 saturated heterocycles. The molecule has 0 aromatic rings. The normalized spacial score (nSPS) is 43.2. The fourth-order valence-corrected chi connectivity index (χ4v) is 1.56. The Kier molecular flexibility index (Phi) is 3.67. The topological polar surface area (TPSA) is 69.9 Å². The van der Waals surface area contributed by atoms with Crippen molar-refractivity contribution in [3.63, 3.8) is 0 Å². The fourth-order valence-electron chi connectivity index (χ4n) is 1.56. The molecule has 1 aliphatic heterocycles. The molecule has 0 spiro atoms. The highest BCUT2D eigenvalue weighted by molar-refractivity contribution is 4.88. The Balaban J connectivity index is 2.58. The zero-order valence-corrected chi connectivity index (χ0v) is 8.05. The first kappa shape index (κ1) is 10.9. The van der Waals surface area contributed by atoms with Crippen LogP contribution >= 0.6 is 0 Å². The second kappa shape index (κ2) is 4.37. The van der Waals surface area contributed by atoms with Gasteiger partial charge in [0, 0.05) is 0 Å². The van der Waals surface area contributed by atoms with Gasteiger partial charge in [-0.25, -0.2) is 0 Å². The van der Waals surface area contributed by atoms with Crippen molar-refractivity contribution in [1.29, 1.82) is 0 Å². The summed E-state index contributed by atoms with van der Waals surface area (Å²) in [5.41, 5.74) is 0. The maximum Gasteiger partial charge on any atom is 0.111 e. The largest absolute Gasteiger partial charge is 0.388 e. The van der Waals surface area contributed by atoms with E-state index in [1.54, 1.807) is 0 Å². The molecule has 0 saturated carbocycles. The average Bonchev–Trinajstić information content (AvgIpc) is 2.13. The van der Waals surface area contributed by atoms with Crippen LogP contribution in [0.5, 0.6) is 0 Å². The van der Waals surface area contributed by atoms with Crippen LogP contribution in [0.3, 0.4) is 0 Å². The summed E-state index contributed by atoms with van der Waals surface area (Å²) in [6.45, 7) is 4.06. The van der Waals surface area contributed by atoms with Gasteiger partial charge in [-0.1, -0.05) is 20.3 Å². The minimum atomic E-state index is -1.08. The van der Waals surface area contributed by atoms with Crippen molar-refractivity contribution in [3.8, 4) is 0 Å². The van der Waals surface area contributed by atoms with E-state index in [4.69, 9.17) is 4.74 Å². The highest BCUT2D eigenvalue weighted by atomic mass is 16.5. The average molecular weight is 190 g/mol. The quantitative estimate of drug-likeness (QED) is 0.550. The van der Waals surface area contributed by atoms with Crippen molar-refractivity contribution < 1.29 is 20.1 Å². The van der Waals surface area contributed by atoms with Crippen LogP contribution in [0.4, 0.5) is 0 Å². The zero-order valence-electron chi connectivity index (χ0n) is 8.05. The predicted molar refractivity (Wildman–Crippen MR) is 47.2 cm³/mol. The highest BCUT2D eigenvalue weighted by Crippen LogP contribution is 2.23. The van der Waals surface area contributed by atoms with Gasteiger partial charge in [-0.3, -0.25) is 0 Å². The van der Waals surface area contributed by atoms with Crippen molar-refractivity contribution in [3.05, 3.63) is 0 Å². The van der Waals surface area contributed by atoms with E-state index < -0.39 is 18.3 Å². The van der Waals surface area contributed by atoms with Crippen LogP contribution in [0, 0.1) is 5.92 Å². The Morgan fingerprint density at radius 1 is 1.31 bits per heavy atom. The molecule has 4 nitrogen and oxygen atoms in total. The van der Waals surface area contributed by atoms with Crippen molar-refractivity contribution >= 4 is 0 Å². The van der Waals surface area contributed by atoms with Crippen LogP contribution in [0.1, 0.15) is 20.3 Å². The lowest BCUT2D eigenvalue weighted by atomic mass is 9.90. The molecule has 3 N–H and O–H groups in total. The van der Waals surface area contributed by atoms with E-state index >= 15 is 0 Å². The molecule has 0 amide bonds. The minimum Gasteiger partial charge on any atom is -0.388 e. The summed E-state index contributed by atoms with van der Waals surface area (Å²) >= 11 is 0. The zero-order chi connectivity index (χ0) is 10.0. The van der Waals surface area contributed by atoms with E-state index in [0.29, 0.717) is 0 Å². The Labute approximate surface area is 78.1 Å². The van der Waals surface area contributed by atoms with E-state index in [9.17, 15) is 15.3 Å². The number of hydrogen-bond donors (Lipinski definition) is 3. The summed E-state index contributed by atoms with van der Waals surface area (Å²) in [5.74, 6) is 0.192. The Morgan fingerprint density at radius 2 is 1.92 bits per heavy atom. The third kappa shape index (κ3) is 2.20. The van der Waals surface area contributed by atoms with Gasteiger partial charge in [-0.05, 0) is 5.92 Å². The Morgan fingerprint density at radius 3 is 2.46 bits per heavy atom. The lowest BCUT2D eigenvalue weighted by Gasteiger charge is -2.38. The van der Waals surface area contributed by atoms with Crippen LogP contribution in [0.2, 0.25) is 0 Å². The Bertz CT molecular complexity index is 162. The van der Waals surface area contributed by atoms with Gasteiger partial charge in [0.2, 0.25) is 0 Å². The summed E-state index contributed by atoms with van der Waals surface area (Å²) in [7, 11) is 0. The van der Waals surface area contributed by atoms with E-state index in [1.807, 2.05) is 13.8 Å². The standard InChI is InChI=1S/C9H18O4/c1-3-5(2)9-8(12)7(11)6(10)4-13-9/h5-12H,3-4H2,1-2H3/t5?,6-,7+,8-,9?/m1/s1. The smallest absolute Gasteiger partial charge is 0.111 e. The number of ether oxygens (including phenoxy) is 1. The number of rotatable bonds is 2. The first-order chi connectivity index (χ1) is 6.07. The highest BCUT2D eigenvalue weighted by Gasteiger charge is 2.39. The van der Waals surface area contributed by atoms with Crippen molar-refractivity contribution in [2.24, 2.45) is 5.92 Å². The second-order valence-corrected chi connectivity index (χ2v) is 3.73. The van der Waals surface area contributed by atoms with Crippen LogP contribution in [0.25, 0.3) is 0 Å². The maximum atomic E-state index is 9.57.